The van der Waals surface area contributed by atoms with Crippen molar-refractivity contribution in [3.63, 3.8) is 0 Å². The first kappa shape index (κ1) is 28.4. The number of carbonyl (C=O) groups excluding carboxylic acids is 1. The number of aryl methyl sites for hydroxylation is 2. The highest BCUT2D eigenvalue weighted by atomic mass is 35.5. The monoisotopic (exact) mass is 516 g/mol. The molecular weight excluding hydrogens is 484 g/mol. The summed E-state index contributed by atoms with van der Waals surface area (Å²) < 4.78 is 32.8. The van der Waals surface area contributed by atoms with Crippen LogP contribution in [0.3, 0.4) is 0 Å². The summed E-state index contributed by atoms with van der Waals surface area (Å²) in [5.74, 6) is 0.328. The maximum atomic E-state index is 13.0. The van der Waals surface area contributed by atoms with Gasteiger partial charge in [-0.05, 0) is 61.1 Å². The number of hydrogen-bond acceptors (Lipinski definition) is 5. The average Bonchev–Trinajstić information content (AvgIpc) is 2.86. The van der Waals surface area contributed by atoms with Crippen molar-refractivity contribution in [3.05, 3.63) is 96.1 Å². The van der Waals surface area contributed by atoms with Crippen molar-refractivity contribution in [3.8, 4) is 5.75 Å². The Bertz CT molecular complexity index is 1120. The lowest BCUT2D eigenvalue weighted by molar-refractivity contribution is -0.126. The minimum absolute atomic E-state index is 0. The molecule has 0 aliphatic heterocycles. The SMILES string of the molecule is Cl.NCCC(=O)N(CCCc1ccc(OCCCc2ccccc2)cc1)S(=O)(=O)c1ccccc1. The smallest absolute Gasteiger partial charge is 0.266 e. The largest absolute Gasteiger partial charge is 0.494 e. The van der Waals surface area contributed by atoms with Crippen molar-refractivity contribution in [2.45, 2.75) is 37.0 Å². The molecule has 3 aromatic rings. The summed E-state index contributed by atoms with van der Waals surface area (Å²) in [6.07, 6.45) is 3.06. The number of hydrogen-bond donors (Lipinski definition) is 1. The first-order valence-electron chi connectivity index (χ1n) is 11.6. The summed E-state index contributed by atoms with van der Waals surface area (Å²) in [5, 5.41) is 0. The number of rotatable bonds is 13. The lowest BCUT2D eigenvalue weighted by Crippen LogP contribution is -2.38. The first-order valence-corrected chi connectivity index (χ1v) is 13.0. The molecule has 2 N–H and O–H groups in total. The summed E-state index contributed by atoms with van der Waals surface area (Å²) >= 11 is 0. The van der Waals surface area contributed by atoms with Crippen molar-refractivity contribution in [2.75, 3.05) is 19.7 Å². The van der Waals surface area contributed by atoms with Gasteiger partial charge in [0.15, 0.2) is 0 Å². The predicted molar refractivity (Wildman–Crippen MR) is 141 cm³/mol. The summed E-state index contributed by atoms with van der Waals surface area (Å²) in [6.45, 7) is 0.851. The van der Waals surface area contributed by atoms with E-state index in [4.69, 9.17) is 10.5 Å². The van der Waals surface area contributed by atoms with Crippen molar-refractivity contribution in [1.29, 1.82) is 0 Å². The number of nitrogens with two attached hydrogens (primary N) is 1. The molecule has 0 saturated heterocycles. The van der Waals surface area contributed by atoms with E-state index in [0.29, 0.717) is 19.4 Å². The maximum absolute atomic E-state index is 13.0. The van der Waals surface area contributed by atoms with E-state index in [1.165, 1.54) is 17.7 Å². The van der Waals surface area contributed by atoms with Gasteiger partial charge in [0.05, 0.1) is 11.5 Å². The zero-order valence-corrected chi connectivity index (χ0v) is 21.3. The molecule has 35 heavy (non-hydrogen) atoms. The van der Waals surface area contributed by atoms with Crippen LogP contribution in [0.15, 0.2) is 89.8 Å². The maximum Gasteiger partial charge on any atom is 0.266 e. The second kappa shape index (κ2) is 14.5. The molecule has 0 atom stereocenters. The van der Waals surface area contributed by atoms with Crippen LogP contribution in [-0.2, 0) is 27.7 Å². The Kier molecular flexibility index (Phi) is 11.8. The van der Waals surface area contributed by atoms with E-state index in [0.717, 1.165) is 28.5 Å². The molecule has 0 heterocycles. The van der Waals surface area contributed by atoms with E-state index in [1.54, 1.807) is 18.2 Å². The number of carbonyl (C=O) groups is 1. The van der Waals surface area contributed by atoms with Gasteiger partial charge in [0.2, 0.25) is 5.91 Å². The third-order valence-corrected chi connectivity index (χ3v) is 7.27. The minimum Gasteiger partial charge on any atom is -0.494 e. The van der Waals surface area contributed by atoms with Gasteiger partial charge in [-0.15, -0.1) is 12.4 Å². The summed E-state index contributed by atoms with van der Waals surface area (Å²) in [7, 11) is -3.91. The van der Waals surface area contributed by atoms with E-state index in [9.17, 15) is 13.2 Å². The van der Waals surface area contributed by atoms with Gasteiger partial charge in [-0.1, -0.05) is 60.7 Å². The second-order valence-electron chi connectivity index (χ2n) is 8.01. The normalized spacial score (nSPS) is 10.9. The van der Waals surface area contributed by atoms with Gasteiger partial charge in [-0.3, -0.25) is 4.79 Å². The molecule has 0 aliphatic rings. The molecule has 1 amide bonds. The quantitative estimate of drug-likeness (QED) is 0.335. The molecule has 0 unspecified atom stereocenters. The summed E-state index contributed by atoms with van der Waals surface area (Å²) in [4.78, 5) is 12.6. The Morgan fingerprint density at radius 2 is 1.37 bits per heavy atom. The molecule has 0 spiro atoms. The van der Waals surface area contributed by atoms with Gasteiger partial charge in [-0.2, -0.15) is 0 Å². The highest BCUT2D eigenvalue weighted by Gasteiger charge is 2.28. The molecule has 0 bridgehead atoms. The van der Waals surface area contributed by atoms with Crippen LogP contribution < -0.4 is 10.5 Å². The van der Waals surface area contributed by atoms with Gasteiger partial charge in [0.25, 0.3) is 10.0 Å². The Hall–Kier alpha value is -2.87. The molecule has 0 radical (unpaired) electrons. The zero-order chi connectivity index (χ0) is 24.2. The molecule has 0 fully saturated rings. The van der Waals surface area contributed by atoms with Gasteiger partial charge in [-0.25, -0.2) is 12.7 Å². The average molecular weight is 517 g/mol. The van der Waals surface area contributed by atoms with Crippen LogP contribution in [0.5, 0.6) is 5.75 Å². The molecule has 6 nitrogen and oxygen atoms in total. The standard InChI is InChI=1S/C27H32N2O4S.ClH/c28-20-19-27(30)29(34(31,32)26-13-5-2-6-14-26)21-7-11-24-15-17-25(18-16-24)33-22-8-12-23-9-3-1-4-10-23;/h1-6,9-10,13-18H,7-8,11-12,19-22,28H2;1H. The van der Waals surface area contributed by atoms with Gasteiger partial charge < -0.3 is 10.5 Å². The zero-order valence-electron chi connectivity index (χ0n) is 19.7. The van der Waals surface area contributed by atoms with Crippen LogP contribution in [-0.4, -0.2) is 38.3 Å². The predicted octanol–water partition coefficient (Wildman–Crippen LogP) is 4.62. The molecule has 8 heteroatoms. The molecular formula is C27H33ClN2O4S. The van der Waals surface area contributed by atoms with Crippen LogP contribution in [0.4, 0.5) is 0 Å². The topological polar surface area (TPSA) is 89.7 Å². The number of sulfonamides is 1. The minimum atomic E-state index is -3.91. The van der Waals surface area contributed by atoms with Gasteiger partial charge in [0, 0.05) is 19.5 Å². The highest BCUT2D eigenvalue weighted by molar-refractivity contribution is 7.89. The number of benzene rings is 3. The fourth-order valence-electron chi connectivity index (χ4n) is 3.64. The molecule has 3 rings (SSSR count). The van der Waals surface area contributed by atoms with Gasteiger partial charge >= 0.3 is 0 Å². The first-order chi connectivity index (χ1) is 16.5. The lowest BCUT2D eigenvalue weighted by atomic mass is 10.1. The van der Waals surface area contributed by atoms with Crippen LogP contribution in [0.25, 0.3) is 0 Å². The van der Waals surface area contributed by atoms with E-state index >= 15 is 0 Å². The van der Waals surface area contributed by atoms with E-state index in [2.05, 4.69) is 12.1 Å². The van der Waals surface area contributed by atoms with E-state index < -0.39 is 15.9 Å². The summed E-state index contributed by atoms with van der Waals surface area (Å²) in [5.41, 5.74) is 7.86. The summed E-state index contributed by atoms with van der Waals surface area (Å²) in [6, 6.07) is 26.1. The number of halogens is 1. The molecule has 0 saturated carbocycles. The third kappa shape index (κ3) is 8.69. The van der Waals surface area contributed by atoms with Gasteiger partial charge in [0.1, 0.15) is 5.75 Å². The second-order valence-corrected chi connectivity index (χ2v) is 9.87. The van der Waals surface area contributed by atoms with Crippen LogP contribution >= 0.6 is 12.4 Å². The number of amides is 1. The van der Waals surface area contributed by atoms with Crippen LogP contribution in [0.2, 0.25) is 0 Å². The Morgan fingerprint density at radius 3 is 2.00 bits per heavy atom. The molecule has 0 aromatic heterocycles. The number of nitrogens with zero attached hydrogens (tertiary/aromatic N) is 1. The fraction of sp³-hybridized carbons (Fsp3) is 0.296. The molecule has 188 valence electrons. The Morgan fingerprint density at radius 1 is 0.800 bits per heavy atom. The Balaban J connectivity index is 0.00000432. The third-order valence-electron chi connectivity index (χ3n) is 5.44. The number of ether oxygens (including phenoxy) is 1. The van der Waals surface area contributed by atoms with Crippen LogP contribution in [0, 0.1) is 0 Å². The van der Waals surface area contributed by atoms with Crippen molar-refractivity contribution in [1.82, 2.24) is 4.31 Å². The van der Waals surface area contributed by atoms with Crippen molar-refractivity contribution in [2.24, 2.45) is 5.73 Å². The lowest BCUT2D eigenvalue weighted by Gasteiger charge is -2.22. The molecule has 0 aliphatic carbocycles. The van der Waals surface area contributed by atoms with Crippen molar-refractivity contribution < 1.29 is 17.9 Å². The van der Waals surface area contributed by atoms with Crippen LogP contribution in [0.1, 0.15) is 30.4 Å². The van der Waals surface area contributed by atoms with Crippen molar-refractivity contribution >= 4 is 28.3 Å². The van der Waals surface area contributed by atoms with E-state index in [1.807, 2.05) is 42.5 Å². The fourth-order valence-corrected chi connectivity index (χ4v) is 5.12. The molecule has 3 aromatic carbocycles. The van der Waals surface area contributed by atoms with E-state index in [-0.39, 0.29) is 36.8 Å². The Labute approximate surface area is 214 Å². The highest BCUT2D eigenvalue weighted by Crippen LogP contribution is 2.19.